The lowest BCUT2D eigenvalue weighted by Crippen LogP contribution is -2.48. The van der Waals surface area contributed by atoms with Gasteiger partial charge in [0.15, 0.2) is 0 Å². The molecule has 1 fully saturated rings. The number of carbonyl (C=O) groups excluding carboxylic acids is 2. The molecule has 0 unspecified atom stereocenters. The molecular formula is C20H22N2O4. The molecule has 1 aliphatic heterocycles. The monoisotopic (exact) mass is 354 g/mol. The van der Waals surface area contributed by atoms with Gasteiger partial charge in [-0.05, 0) is 42.5 Å². The van der Waals surface area contributed by atoms with Crippen LogP contribution in [0.25, 0.3) is 0 Å². The van der Waals surface area contributed by atoms with E-state index in [0.717, 1.165) is 24.5 Å². The maximum atomic E-state index is 12.7. The van der Waals surface area contributed by atoms with Crippen molar-refractivity contribution in [2.45, 2.75) is 6.92 Å². The number of rotatable bonds is 4. The average Bonchev–Trinajstić information content (AvgIpc) is 2.67. The van der Waals surface area contributed by atoms with E-state index in [2.05, 4.69) is 4.90 Å². The van der Waals surface area contributed by atoms with Crippen LogP contribution in [0.3, 0.4) is 0 Å². The smallest absolute Gasteiger partial charge is 0.308 e. The summed E-state index contributed by atoms with van der Waals surface area (Å²) in [6.07, 6.45) is 0. The molecule has 0 aromatic heterocycles. The zero-order chi connectivity index (χ0) is 18.5. The number of hydrogen-bond acceptors (Lipinski definition) is 5. The van der Waals surface area contributed by atoms with Gasteiger partial charge in [0.05, 0.1) is 7.11 Å². The molecule has 26 heavy (non-hydrogen) atoms. The highest BCUT2D eigenvalue weighted by atomic mass is 16.5. The summed E-state index contributed by atoms with van der Waals surface area (Å²) in [4.78, 5) is 27.9. The standard InChI is InChI=1S/C20H22N2O4/c1-15(23)26-19-5-3-4-16(14-19)20(24)22-12-10-21(11-13-22)17-6-8-18(25-2)9-7-17/h3-9,14H,10-13H2,1-2H3. The molecule has 136 valence electrons. The predicted molar refractivity (Wildman–Crippen MR) is 98.9 cm³/mol. The van der Waals surface area contributed by atoms with E-state index in [1.807, 2.05) is 29.2 Å². The first-order valence-electron chi connectivity index (χ1n) is 8.53. The van der Waals surface area contributed by atoms with Gasteiger partial charge in [-0.2, -0.15) is 0 Å². The Morgan fingerprint density at radius 2 is 1.62 bits per heavy atom. The number of esters is 1. The fourth-order valence-corrected chi connectivity index (χ4v) is 3.00. The van der Waals surface area contributed by atoms with Crippen molar-refractivity contribution < 1.29 is 19.1 Å². The van der Waals surface area contributed by atoms with E-state index in [4.69, 9.17) is 9.47 Å². The number of piperazine rings is 1. The van der Waals surface area contributed by atoms with Crippen LogP contribution < -0.4 is 14.4 Å². The summed E-state index contributed by atoms with van der Waals surface area (Å²) in [5.41, 5.74) is 1.65. The van der Waals surface area contributed by atoms with E-state index in [-0.39, 0.29) is 5.91 Å². The molecule has 3 rings (SSSR count). The third kappa shape index (κ3) is 4.14. The molecule has 0 spiro atoms. The van der Waals surface area contributed by atoms with Gasteiger partial charge < -0.3 is 19.3 Å². The first-order chi connectivity index (χ1) is 12.6. The summed E-state index contributed by atoms with van der Waals surface area (Å²) in [6.45, 7) is 4.15. The molecule has 6 heteroatoms. The van der Waals surface area contributed by atoms with Crippen molar-refractivity contribution in [3.8, 4) is 11.5 Å². The van der Waals surface area contributed by atoms with Crippen LogP contribution in [-0.4, -0.2) is 50.1 Å². The minimum atomic E-state index is -0.400. The molecule has 1 saturated heterocycles. The summed E-state index contributed by atoms with van der Waals surface area (Å²) < 4.78 is 10.2. The van der Waals surface area contributed by atoms with Crippen molar-refractivity contribution in [1.82, 2.24) is 4.90 Å². The zero-order valence-electron chi connectivity index (χ0n) is 15.0. The molecule has 2 aromatic carbocycles. The molecular weight excluding hydrogens is 332 g/mol. The molecule has 1 heterocycles. The molecule has 0 atom stereocenters. The van der Waals surface area contributed by atoms with E-state index in [0.29, 0.717) is 24.4 Å². The Labute approximate surface area is 152 Å². The van der Waals surface area contributed by atoms with E-state index < -0.39 is 5.97 Å². The van der Waals surface area contributed by atoms with Gasteiger partial charge in [-0.15, -0.1) is 0 Å². The lowest BCUT2D eigenvalue weighted by atomic mass is 10.1. The Morgan fingerprint density at radius 1 is 0.923 bits per heavy atom. The van der Waals surface area contributed by atoms with Crippen molar-refractivity contribution in [2.75, 3.05) is 38.2 Å². The van der Waals surface area contributed by atoms with Crippen LogP contribution in [0.5, 0.6) is 11.5 Å². The van der Waals surface area contributed by atoms with Crippen molar-refractivity contribution in [3.63, 3.8) is 0 Å². The Kier molecular flexibility index (Phi) is 5.41. The van der Waals surface area contributed by atoms with Gasteiger partial charge in [0.1, 0.15) is 11.5 Å². The number of benzene rings is 2. The van der Waals surface area contributed by atoms with Crippen LogP contribution in [-0.2, 0) is 4.79 Å². The SMILES string of the molecule is COc1ccc(N2CCN(C(=O)c3cccc(OC(C)=O)c3)CC2)cc1. The van der Waals surface area contributed by atoms with Gasteiger partial charge in [0, 0.05) is 44.4 Å². The Bertz CT molecular complexity index is 781. The number of methoxy groups -OCH3 is 1. The molecule has 0 saturated carbocycles. The predicted octanol–water partition coefficient (Wildman–Crippen LogP) is 2.58. The van der Waals surface area contributed by atoms with Crippen molar-refractivity contribution in [1.29, 1.82) is 0 Å². The molecule has 1 aliphatic rings. The van der Waals surface area contributed by atoms with Crippen molar-refractivity contribution in [3.05, 3.63) is 54.1 Å². The molecule has 1 amide bonds. The number of nitrogens with zero attached hydrogens (tertiary/aromatic N) is 2. The average molecular weight is 354 g/mol. The number of carbonyl (C=O) groups is 2. The Balaban J connectivity index is 1.62. The molecule has 0 N–H and O–H groups in total. The minimum absolute atomic E-state index is 0.0478. The summed E-state index contributed by atoms with van der Waals surface area (Å²) in [6, 6.07) is 14.7. The second-order valence-corrected chi connectivity index (χ2v) is 6.10. The minimum Gasteiger partial charge on any atom is -0.497 e. The van der Waals surface area contributed by atoms with Crippen LogP contribution in [0.4, 0.5) is 5.69 Å². The van der Waals surface area contributed by atoms with Gasteiger partial charge >= 0.3 is 5.97 Å². The second-order valence-electron chi connectivity index (χ2n) is 6.10. The Hall–Kier alpha value is -3.02. The van der Waals surface area contributed by atoms with Crippen molar-refractivity contribution >= 4 is 17.6 Å². The Morgan fingerprint density at radius 3 is 2.23 bits per heavy atom. The van der Waals surface area contributed by atoms with Crippen molar-refractivity contribution in [2.24, 2.45) is 0 Å². The maximum Gasteiger partial charge on any atom is 0.308 e. The lowest BCUT2D eigenvalue weighted by molar-refractivity contribution is -0.131. The number of amides is 1. The topological polar surface area (TPSA) is 59.1 Å². The highest BCUT2D eigenvalue weighted by Crippen LogP contribution is 2.21. The maximum absolute atomic E-state index is 12.7. The first-order valence-corrected chi connectivity index (χ1v) is 8.53. The number of ether oxygens (including phenoxy) is 2. The van der Waals surface area contributed by atoms with Crippen LogP contribution in [0.15, 0.2) is 48.5 Å². The van der Waals surface area contributed by atoms with Gasteiger partial charge in [-0.25, -0.2) is 0 Å². The second kappa shape index (κ2) is 7.91. The van der Waals surface area contributed by atoms with Gasteiger partial charge in [-0.3, -0.25) is 9.59 Å². The molecule has 0 aliphatic carbocycles. The fraction of sp³-hybridized carbons (Fsp3) is 0.300. The highest BCUT2D eigenvalue weighted by molar-refractivity contribution is 5.95. The lowest BCUT2D eigenvalue weighted by Gasteiger charge is -2.36. The van der Waals surface area contributed by atoms with E-state index >= 15 is 0 Å². The summed E-state index contributed by atoms with van der Waals surface area (Å²) in [5.74, 6) is 0.770. The first kappa shape index (κ1) is 17.8. The summed E-state index contributed by atoms with van der Waals surface area (Å²) in [7, 11) is 1.65. The van der Waals surface area contributed by atoms with Crippen LogP contribution in [0.1, 0.15) is 17.3 Å². The van der Waals surface area contributed by atoms with Gasteiger partial charge in [0.2, 0.25) is 0 Å². The van der Waals surface area contributed by atoms with E-state index in [1.54, 1.807) is 31.4 Å². The van der Waals surface area contributed by atoms with E-state index in [1.165, 1.54) is 6.92 Å². The third-order valence-electron chi connectivity index (χ3n) is 4.35. The molecule has 2 aromatic rings. The quantitative estimate of drug-likeness (QED) is 0.624. The van der Waals surface area contributed by atoms with Gasteiger partial charge in [-0.1, -0.05) is 6.07 Å². The fourth-order valence-electron chi connectivity index (χ4n) is 3.00. The normalized spacial score (nSPS) is 14.1. The van der Waals surface area contributed by atoms with Crippen LogP contribution in [0.2, 0.25) is 0 Å². The number of anilines is 1. The number of hydrogen-bond donors (Lipinski definition) is 0. The van der Waals surface area contributed by atoms with E-state index in [9.17, 15) is 9.59 Å². The highest BCUT2D eigenvalue weighted by Gasteiger charge is 2.22. The molecule has 0 bridgehead atoms. The van der Waals surface area contributed by atoms with Gasteiger partial charge in [0.25, 0.3) is 5.91 Å². The molecule has 0 radical (unpaired) electrons. The molecule has 6 nitrogen and oxygen atoms in total. The summed E-state index contributed by atoms with van der Waals surface area (Å²) >= 11 is 0. The third-order valence-corrected chi connectivity index (χ3v) is 4.35. The largest absolute Gasteiger partial charge is 0.497 e. The zero-order valence-corrected chi connectivity index (χ0v) is 15.0. The van der Waals surface area contributed by atoms with Crippen LogP contribution in [0, 0.1) is 0 Å². The van der Waals surface area contributed by atoms with Crippen LogP contribution >= 0.6 is 0 Å². The summed E-state index contributed by atoms with van der Waals surface area (Å²) in [5, 5.41) is 0.